The molecule has 0 aliphatic carbocycles. The molecule has 1 N–H and O–H groups in total. The largest absolute Gasteiger partial charge is 0.488 e. The molecule has 0 amide bonds. The van der Waals surface area contributed by atoms with Crippen LogP contribution in [0.5, 0.6) is 5.75 Å². The Kier molecular flexibility index (Phi) is 3.96. The van der Waals surface area contributed by atoms with Gasteiger partial charge in [0, 0.05) is 25.4 Å². The summed E-state index contributed by atoms with van der Waals surface area (Å²) in [7, 11) is 0. The number of halogens is 2. The van der Waals surface area contributed by atoms with Gasteiger partial charge in [0.1, 0.15) is 16.5 Å². The lowest BCUT2D eigenvalue weighted by Crippen LogP contribution is -2.50. The fourth-order valence-corrected chi connectivity index (χ4v) is 1.34. The highest BCUT2D eigenvalue weighted by molar-refractivity contribution is 9.10. The summed E-state index contributed by atoms with van der Waals surface area (Å²) in [5.41, 5.74) is 0. The molecule has 5 heteroatoms. The van der Waals surface area contributed by atoms with E-state index in [1.54, 1.807) is 6.20 Å². The minimum absolute atomic E-state index is 0. The van der Waals surface area contributed by atoms with Gasteiger partial charge >= 0.3 is 0 Å². The van der Waals surface area contributed by atoms with Gasteiger partial charge in [0.15, 0.2) is 0 Å². The van der Waals surface area contributed by atoms with Crippen LogP contribution in [0.3, 0.4) is 0 Å². The molecule has 13 heavy (non-hydrogen) atoms. The summed E-state index contributed by atoms with van der Waals surface area (Å²) in [6.07, 6.45) is 2.06. The van der Waals surface area contributed by atoms with Crippen molar-refractivity contribution in [1.82, 2.24) is 10.3 Å². The van der Waals surface area contributed by atoms with Gasteiger partial charge in [-0.15, -0.1) is 12.4 Å². The number of hydrogen-bond donors (Lipinski definition) is 1. The van der Waals surface area contributed by atoms with E-state index in [0.717, 1.165) is 23.4 Å². The van der Waals surface area contributed by atoms with Crippen LogP contribution in [0.25, 0.3) is 0 Å². The second-order valence-electron chi connectivity index (χ2n) is 2.71. The fourth-order valence-electron chi connectivity index (χ4n) is 0.996. The van der Waals surface area contributed by atoms with Crippen molar-refractivity contribution in [3.8, 4) is 5.75 Å². The molecule has 72 valence electrons. The van der Waals surface area contributed by atoms with Gasteiger partial charge in [-0.2, -0.15) is 0 Å². The molecule has 0 bridgehead atoms. The van der Waals surface area contributed by atoms with E-state index in [1.807, 2.05) is 12.1 Å². The molecular weight excluding hydrogens is 255 g/mol. The molecule has 0 radical (unpaired) electrons. The predicted molar refractivity (Wildman–Crippen MR) is 56.5 cm³/mol. The summed E-state index contributed by atoms with van der Waals surface area (Å²) in [4.78, 5) is 4.01. The van der Waals surface area contributed by atoms with E-state index >= 15 is 0 Å². The van der Waals surface area contributed by atoms with Crippen molar-refractivity contribution < 1.29 is 4.74 Å². The fraction of sp³-hybridized carbons (Fsp3) is 0.375. The monoisotopic (exact) mass is 264 g/mol. The molecular formula is C8H10BrClN2O. The second-order valence-corrected chi connectivity index (χ2v) is 3.52. The summed E-state index contributed by atoms with van der Waals surface area (Å²) < 4.78 is 6.41. The Labute approximate surface area is 91.4 Å². The van der Waals surface area contributed by atoms with Gasteiger partial charge < -0.3 is 10.1 Å². The van der Waals surface area contributed by atoms with Crippen LogP contribution >= 0.6 is 28.3 Å². The standard InChI is InChI=1S/C8H9BrN2O.ClH/c9-8-3-6(1-2-11-8)12-7-4-10-5-7;/h1-3,7,10H,4-5H2;1H. The normalized spacial score (nSPS) is 15.8. The third-order valence-corrected chi connectivity index (χ3v) is 2.18. The highest BCUT2D eigenvalue weighted by Crippen LogP contribution is 2.17. The lowest BCUT2D eigenvalue weighted by molar-refractivity contribution is 0.142. The first-order valence-electron chi connectivity index (χ1n) is 3.83. The van der Waals surface area contributed by atoms with Crippen molar-refractivity contribution >= 4 is 28.3 Å². The van der Waals surface area contributed by atoms with Crippen molar-refractivity contribution in [3.05, 3.63) is 22.9 Å². The zero-order chi connectivity index (χ0) is 8.39. The van der Waals surface area contributed by atoms with Crippen LogP contribution in [0, 0.1) is 0 Å². The van der Waals surface area contributed by atoms with E-state index in [2.05, 4.69) is 26.2 Å². The van der Waals surface area contributed by atoms with Crippen LogP contribution in [-0.4, -0.2) is 24.2 Å². The molecule has 1 fully saturated rings. The Morgan fingerprint density at radius 2 is 2.31 bits per heavy atom. The maximum atomic E-state index is 5.60. The average molecular weight is 266 g/mol. The lowest BCUT2D eigenvalue weighted by Gasteiger charge is -2.27. The van der Waals surface area contributed by atoms with E-state index < -0.39 is 0 Å². The summed E-state index contributed by atoms with van der Waals surface area (Å²) in [6, 6.07) is 3.74. The molecule has 0 atom stereocenters. The Morgan fingerprint density at radius 1 is 1.54 bits per heavy atom. The Hall–Kier alpha value is -0.320. The van der Waals surface area contributed by atoms with E-state index in [0.29, 0.717) is 6.10 Å². The third kappa shape index (κ3) is 2.83. The average Bonchev–Trinajstić information content (AvgIpc) is 1.97. The molecule has 0 aromatic carbocycles. The zero-order valence-corrected chi connectivity index (χ0v) is 9.27. The third-order valence-electron chi connectivity index (χ3n) is 1.74. The van der Waals surface area contributed by atoms with Gasteiger partial charge in [0.05, 0.1) is 0 Å². The van der Waals surface area contributed by atoms with Gasteiger partial charge in [0.2, 0.25) is 0 Å². The summed E-state index contributed by atoms with van der Waals surface area (Å²) in [5.74, 6) is 0.878. The molecule has 0 saturated carbocycles. The highest BCUT2D eigenvalue weighted by Gasteiger charge is 2.17. The second kappa shape index (κ2) is 4.79. The maximum Gasteiger partial charge on any atom is 0.124 e. The molecule has 1 aromatic rings. The molecule has 2 heterocycles. The van der Waals surface area contributed by atoms with E-state index in [9.17, 15) is 0 Å². The van der Waals surface area contributed by atoms with Crippen LogP contribution in [0.4, 0.5) is 0 Å². The van der Waals surface area contributed by atoms with Gasteiger partial charge in [-0.3, -0.25) is 0 Å². The SMILES string of the molecule is Brc1cc(OC2CNC2)ccn1.Cl. The number of aromatic nitrogens is 1. The van der Waals surface area contributed by atoms with Crippen LogP contribution in [-0.2, 0) is 0 Å². The zero-order valence-electron chi connectivity index (χ0n) is 6.87. The van der Waals surface area contributed by atoms with Crippen molar-refractivity contribution in [3.63, 3.8) is 0 Å². The van der Waals surface area contributed by atoms with Gasteiger partial charge in [0.25, 0.3) is 0 Å². The quantitative estimate of drug-likeness (QED) is 0.825. The Bertz CT molecular complexity index is 281. The van der Waals surface area contributed by atoms with Crippen LogP contribution in [0.2, 0.25) is 0 Å². The number of rotatable bonds is 2. The summed E-state index contributed by atoms with van der Waals surface area (Å²) in [5, 5.41) is 3.14. The van der Waals surface area contributed by atoms with E-state index in [4.69, 9.17) is 4.74 Å². The first-order chi connectivity index (χ1) is 5.84. The Morgan fingerprint density at radius 3 is 2.85 bits per heavy atom. The first kappa shape index (κ1) is 10.8. The van der Waals surface area contributed by atoms with Gasteiger partial charge in [-0.05, 0) is 22.0 Å². The van der Waals surface area contributed by atoms with Gasteiger partial charge in [-0.25, -0.2) is 4.98 Å². The van der Waals surface area contributed by atoms with Crippen molar-refractivity contribution in [1.29, 1.82) is 0 Å². The highest BCUT2D eigenvalue weighted by atomic mass is 79.9. The molecule has 1 saturated heterocycles. The molecule has 1 aromatic heterocycles. The number of ether oxygens (including phenoxy) is 1. The van der Waals surface area contributed by atoms with Crippen molar-refractivity contribution in [2.45, 2.75) is 6.10 Å². The number of hydrogen-bond acceptors (Lipinski definition) is 3. The van der Waals surface area contributed by atoms with Crippen molar-refractivity contribution in [2.24, 2.45) is 0 Å². The maximum absolute atomic E-state index is 5.60. The van der Waals surface area contributed by atoms with Crippen LogP contribution in [0.15, 0.2) is 22.9 Å². The molecule has 2 rings (SSSR count). The first-order valence-corrected chi connectivity index (χ1v) is 4.63. The summed E-state index contributed by atoms with van der Waals surface area (Å²) >= 11 is 3.29. The molecule has 3 nitrogen and oxygen atoms in total. The van der Waals surface area contributed by atoms with E-state index in [1.165, 1.54) is 0 Å². The smallest absolute Gasteiger partial charge is 0.124 e. The number of nitrogens with one attached hydrogen (secondary N) is 1. The topological polar surface area (TPSA) is 34.1 Å². The minimum Gasteiger partial charge on any atom is -0.488 e. The lowest BCUT2D eigenvalue weighted by atomic mass is 10.2. The molecule has 0 unspecified atom stereocenters. The number of pyridine rings is 1. The molecule has 0 spiro atoms. The predicted octanol–water partition coefficient (Wildman–Crippen LogP) is 1.62. The van der Waals surface area contributed by atoms with Crippen LogP contribution in [0.1, 0.15) is 0 Å². The van der Waals surface area contributed by atoms with Crippen LogP contribution < -0.4 is 10.1 Å². The van der Waals surface area contributed by atoms with E-state index in [-0.39, 0.29) is 12.4 Å². The molecule has 1 aliphatic rings. The molecule has 1 aliphatic heterocycles. The van der Waals surface area contributed by atoms with Crippen molar-refractivity contribution in [2.75, 3.05) is 13.1 Å². The van der Waals surface area contributed by atoms with Gasteiger partial charge in [-0.1, -0.05) is 0 Å². The Balaban J connectivity index is 0.000000845. The number of nitrogens with zero attached hydrogens (tertiary/aromatic N) is 1. The summed E-state index contributed by atoms with van der Waals surface area (Å²) in [6.45, 7) is 1.89. The minimum atomic E-state index is 0.